The number of likely N-dealkylation sites (tertiary alicyclic amines) is 1. The lowest BCUT2D eigenvalue weighted by molar-refractivity contribution is -1.01. The third-order valence-electron chi connectivity index (χ3n) is 4.48. The predicted molar refractivity (Wildman–Crippen MR) is 72.1 cm³/mol. The van der Waals surface area contributed by atoms with Gasteiger partial charge in [0.1, 0.15) is 11.4 Å². The normalized spacial score (nSPS) is 32.1. The summed E-state index contributed by atoms with van der Waals surface area (Å²) in [5.41, 5.74) is 0. The summed E-state index contributed by atoms with van der Waals surface area (Å²) in [7, 11) is -3.97. The van der Waals surface area contributed by atoms with Gasteiger partial charge in [-0.2, -0.15) is 8.42 Å². The molecule has 1 unspecified atom stereocenters. The molecular weight excluding hydrogens is 296 g/mol. The van der Waals surface area contributed by atoms with Gasteiger partial charge in [-0.3, -0.25) is 4.90 Å². The van der Waals surface area contributed by atoms with E-state index in [2.05, 4.69) is 0 Å². The monoisotopic (exact) mass is 313 g/mol. The minimum absolute atomic E-state index is 0.0103. The Labute approximate surface area is 122 Å². The van der Waals surface area contributed by atoms with Gasteiger partial charge in [0.2, 0.25) is 0 Å². The van der Waals surface area contributed by atoms with Crippen molar-refractivity contribution >= 4 is 16.1 Å². The Bertz CT molecular complexity index is 662. The third kappa shape index (κ3) is 1.94. The summed E-state index contributed by atoms with van der Waals surface area (Å²) < 4.78 is 24.4. The molecule has 1 aromatic rings. The summed E-state index contributed by atoms with van der Waals surface area (Å²) in [6, 6.07) is 6.74. The van der Waals surface area contributed by atoms with Gasteiger partial charge in [0, 0.05) is 19.4 Å². The third-order valence-corrected chi connectivity index (χ3v) is 6.63. The quantitative estimate of drug-likeness (QED) is 0.797. The van der Waals surface area contributed by atoms with Gasteiger partial charge in [0.05, 0.1) is 6.04 Å². The minimum Gasteiger partial charge on any atom is -0.465 e. The highest BCUT2D eigenvalue weighted by Crippen LogP contribution is 2.40. The number of fused-ring (bicyclic) bond motifs is 1. The maximum atomic E-state index is 12.7. The van der Waals surface area contributed by atoms with Crippen molar-refractivity contribution in [3.63, 3.8) is 0 Å². The van der Waals surface area contributed by atoms with Gasteiger partial charge in [-0.15, -0.1) is 0 Å². The van der Waals surface area contributed by atoms with Gasteiger partial charge in [-0.25, -0.2) is 10.0 Å². The molecule has 3 atom stereocenters. The number of quaternary nitrogens is 1. The molecule has 0 bridgehead atoms. The lowest BCUT2D eigenvalue weighted by Crippen LogP contribution is -2.54. The van der Waals surface area contributed by atoms with Crippen LogP contribution in [-0.2, 0) is 10.0 Å². The van der Waals surface area contributed by atoms with Crippen molar-refractivity contribution in [3.8, 4) is 0 Å². The van der Waals surface area contributed by atoms with Crippen LogP contribution in [0.2, 0.25) is 0 Å². The van der Waals surface area contributed by atoms with Crippen LogP contribution in [0.4, 0.5) is 4.79 Å². The lowest BCUT2D eigenvalue weighted by atomic mass is 10.1. The van der Waals surface area contributed by atoms with Gasteiger partial charge in [0.15, 0.2) is 6.04 Å². The van der Waals surface area contributed by atoms with E-state index in [0.717, 1.165) is 0 Å². The number of carboxylic acid groups (broad SMARTS) is 1. The van der Waals surface area contributed by atoms with E-state index < -0.39 is 32.3 Å². The van der Waals surface area contributed by atoms with E-state index in [4.69, 9.17) is 5.11 Å². The molecule has 1 amide bonds. The first-order chi connectivity index (χ1) is 9.88. The molecule has 2 fully saturated rings. The molecule has 114 valence electrons. The van der Waals surface area contributed by atoms with Crippen LogP contribution in [0.25, 0.3) is 0 Å². The second-order valence-electron chi connectivity index (χ2n) is 5.46. The number of carbonyl (C=O) groups is 1. The smallest absolute Gasteiger partial charge is 0.407 e. The largest absolute Gasteiger partial charge is 0.465 e. The molecule has 3 rings (SSSR count). The Kier molecular flexibility index (Phi) is 3.19. The molecule has 8 heteroatoms. The molecule has 0 aliphatic carbocycles. The van der Waals surface area contributed by atoms with Gasteiger partial charge in [0.25, 0.3) is 0 Å². The number of amides is 1. The Morgan fingerprint density at radius 2 is 1.90 bits per heavy atom. The fraction of sp³-hybridized carbons (Fsp3) is 0.462. The maximum absolute atomic E-state index is 12.7. The van der Waals surface area contributed by atoms with Crippen LogP contribution in [0.5, 0.6) is 0 Å². The zero-order valence-electron chi connectivity index (χ0n) is 11.3. The number of benzene rings is 1. The van der Waals surface area contributed by atoms with Crippen LogP contribution in [-0.4, -0.2) is 58.9 Å². The highest BCUT2D eigenvalue weighted by atomic mass is 32.2. The van der Waals surface area contributed by atoms with Gasteiger partial charge < -0.3 is 5.11 Å². The number of hydroxylamine groups is 2. The molecule has 21 heavy (non-hydrogen) atoms. The van der Waals surface area contributed by atoms with E-state index in [1.54, 1.807) is 18.2 Å². The number of sulfonamides is 1. The summed E-state index contributed by atoms with van der Waals surface area (Å²) in [5, 5.41) is 19.9. The van der Waals surface area contributed by atoms with Crippen molar-refractivity contribution < 1.29 is 27.6 Å². The molecule has 2 heterocycles. The zero-order chi connectivity index (χ0) is 15.3. The Morgan fingerprint density at radius 1 is 1.24 bits per heavy atom. The van der Waals surface area contributed by atoms with E-state index in [9.17, 15) is 18.4 Å². The summed E-state index contributed by atoms with van der Waals surface area (Å²) in [6.07, 6.45) is -0.368. The molecule has 0 aromatic heterocycles. The van der Waals surface area contributed by atoms with E-state index >= 15 is 0 Å². The molecule has 7 nitrogen and oxygen atoms in total. The Balaban J connectivity index is 1.98. The van der Waals surface area contributed by atoms with Crippen molar-refractivity contribution in [2.75, 3.05) is 13.1 Å². The first-order valence-corrected chi connectivity index (χ1v) is 8.22. The number of nitrogens with zero attached hydrogens (tertiary/aromatic N) is 2. The van der Waals surface area contributed by atoms with E-state index in [1.165, 1.54) is 17.0 Å². The van der Waals surface area contributed by atoms with Crippen molar-refractivity contribution in [1.82, 2.24) is 4.90 Å². The minimum atomic E-state index is -3.97. The molecule has 0 radical (unpaired) electrons. The second-order valence-corrected chi connectivity index (χ2v) is 7.51. The summed E-state index contributed by atoms with van der Waals surface area (Å²) in [4.78, 5) is 12.5. The highest BCUT2D eigenvalue weighted by Gasteiger charge is 2.62. The van der Waals surface area contributed by atoms with Crippen molar-refractivity contribution in [2.24, 2.45) is 0 Å². The molecule has 0 spiro atoms. The van der Waals surface area contributed by atoms with Crippen LogP contribution >= 0.6 is 0 Å². The van der Waals surface area contributed by atoms with Gasteiger partial charge >= 0.3 is 16.1 Å². The standard InChI is InChI=1S/C13H16N2O5S/c16-13(17)14-8-6-12-11(14)7-9-15(12,18)21(19,20)10-4-2-1-3-5-10/h1-5,11-12,18H,6-9H2/p+1/t11-,12+,15?/m0/s1. The number of rotatable bonds is 2. The van der Waals surface area contributed by atoms with Crippen LogP contribution in [0.1, 0.15) is 12.8 Å². The van der Waals surface area contributed by atoms with Gasteiger partial charge in [-0.05, 0) is 12.1 Å². The molecule has 2 N–H and O–H groups in total. The topological polar surface area (TPSA) is 94.9 Å². The molecule has 2 saturated heterocycles. The average Bonchev–Trinajstić information content (AvgIpc) is 3.02. The van der Waals surface area contributed by atoms with E-state index in [1.807, 2.05) is 0 Å². The van der Waals surface area contributed by atoms with Gasteiger partial charge in [-0.1, -0.05) is 22.3 Å². The Morgan fingerprint density at radius 3 is 2.52 bits per heavy atom. The number of hydrogen-bond donors (Lipinski definition) is 2. The van der Waals surface area contributed by atoms with Crippen LogP contribution in [0.15, 0.2) is 35.2 Å². The number of hydrogen-bond acceptors (Lipinski definition) is 4. The van der Waals surface area contributed by atoms with E-state index in [0.29, 0.717) is 12.8 Å². The Hall–Kier alpha value is -1.64. The van der Waals surface area contributed by atoms with Crippen molar-refractivity contribution in [1.29, 1.82) is 0 Å². The predicted octanol–water partition coefficient (Wildman–Crippen LogP) is 1.11. The van der Waals surface area contributed by atoms with E-state index in [-0.39, 0.29) is 18.0 Å². The molecule has 1 aromatic carbocycles. The SMILES string of the molecule is O=C(O)N1CC[C@@H]2[C@@H]1CC[N+]2(O)S(=O)(=O)c1ccccc1. The first kappa shape index (κ1) is 14.3. The van der Waals surface area contributed by atoms with Crippen molar-refractivity contribution in [3.05, 3.63) is 30.3 Å². The fourth-order valence-electron chi connectivity index (χ4n) is 3.45. The molecule has 2 aliphatic rings. The fourth-order valence-corrected chi connectivity index (χ4v) is 5.26. The average molecular weight is 313 g/mol. The van der Waals surface area contributed by atoms with Crippen LogP contribution in [0, 0.1) is 0 Å². The zero-order valence-corrected chi connectivity index (χ0v) is 12.1. The highest BCUT2D eigenvalue weighted by molar-refractivity contribution is 7.85. The second kappa shape index (κ2) is 4.69. The first-order valence-electron chi connectivity index (χ1n) is 6.78. The maximum Gasteiger partial charge on any atom is 0.407 e. The van der Waals surface area contributed by atoms with Crippen LogP contribution < -0.4 is 0 Å². The summed E-state index contributed by atoms with van der Waals surface area (Å²) >= 11 is 0. The van der Waals surface area contributed by atoms with Crippen LogP contribution in [0.3, 0.4) is 0 Å². The molecule has 2 aliphatic heterocycles. The summed E-state index contributed by atoms with van der Waals surface area (Å²) in [5.74, 6) is 0. The molecular formula is C13H17N2O5S+. The van der Waals surface area contributed by atoms with Crippen molar-refractivity contribution in [2.45, 2.75) is 29.8 Å². The molecule has 0 saturated carbocycles. The summed E-state index contributed by atoms with van der Waals surface area (Å²) in [6.45, 7) is 0.270. The lowest BCUT2D eigenvalue weighted by Gasteiger charge is -2.29.